The maximum atomic E-state index is 11.4. The van der Waals surface area contributed by atoms with Gasteiger partial charge in [-0.15, -0.1) is 0 Å². The molecule has 0 atom stereocenters. The Morgan fingerprint density at radius 1 is 1.20 bits per heavy atom. The van der Waals surface area contributed by atoms with Crippen molar-refractivity contribution >= 4 is 5.97 Å². The van der Waals surface area contributed by atoms with Gasteiger partial charge in [0.1, 0.15) is 12.4 Å². The van der Waals surface area contributed by atoms with Crippen molar-refractivity contribution < 1.29 is 19.0 Å². The number of rotatable bonds is 8. The van der Waals surface area contributed by atoms with Gasteiger partial charge < -0.3 is 14.2 Å². The summed E-state index contributed by atoms with van der Waals surface area (Å²) in [6.45, 7) is 2.98. The average Bonchev–Trinajstić information content (AvgIpc) is 2.50. The van der Waals surface area contributed by atoms with E-state index >= 15 is 0 Å². The minimum atomic E-state index is -0.300. The highest BCUT2D eigenvalue weighted by Crippen LogP contribution is 2.13. The molecule has 0 unspecified atom stereocenters. The zero-order valence-electron chi connectivity index (χ0n) is 12.3. The molecule has 0 aromatic heterocycles. The average molecular weight is 278 g/mol. The Morgan fingerprint density at radius 3 is 2.45 bits per heavy atom. The van der Waals surface area contributed by atoms with Crippen LogP contribution in [0.4, 0.5) is 0 Å². The summed E-state index contributed by atoms with van der Waals surface area (Å²) in [5.74, 6) is 0.480. The molecule has 20 heavy (non-hydrogen) atoms. The second-order valence-corrected chi connectivity index (χ2v) is 4.27. The van der Waals surface area contributed by atoms with Crippen molar-refractivity contribution in [1.82, 2.24) is 0 Å². The minimum absolute atomic E-state index is 0.300. The molecule has 0 N–H and O–H groups in total. The molecule has 0 saturated heterocycles. The first-order chi connectivity index (χ1) is 9.71. The van der Waals surface area contributed by atoms with Gasteiger partial charge >= 0.3 is 5.97 Å². The number of esters is 1. The third-order valence-corrected chi connectivity index (χ3v) is 2.93. The van der Waals surface area contributed by atoms with Gasteiger partial charge in [0.2, 0.25) is 0 Å². The van der Waals surface area contributed by atoms with Gasteiger partial charge in [0, 0.05) is 12.7 Å². The smallest absolute Gasteiger partial charge is 0.333 e. The van der Waals surface area contributed by atoms with Crippen molar-refractivity contribution in [3.8, 4) is 5.75 Å². The molecule has 4 nitrogen and oxygen atoms in total. The van der Waals surface area contributed by atoms with E-state index in [9.17, 15) is 4.79 Å². The number of carbonyl (C=O) groups is 1. The second-order valence-electron chi connectivity index (χ2n) is 4.27. The number of hydrogen-bond donors (Lipinski definition) is 0. The molecule has 0 aliphatic carbocycles. The van der Waals surface area contributed by atoms with Gasteiger partial charge in [-0.25, -0.2) is 4.79 Å². The highest BCUT2D eigenvalue weighted by atomic mass is 16.5. The molecule has 1 rings (SSSR count). The molecular formula is C16H22O4. The molecule has 1 aromatic rings. The Balaban J connectivity index is 2.49. The van der Waals surface area contributed by atoms with Gasteiger partial charge in [-0.2, -0.15) is 0 Å². The topological polar surface area (TPSA) is 44.8 Å². The van der Waals surface area contributed by atoms with E-state index in [1.807, 2.05) is 31.2 Å². The van der Waals surface area contributed by atoms with Gasteiger partial charge in [-0.05, 0) is 36.6 Å². The van der Waals surface area contributed by atoms with Crippen LogP contribution < -0.4 is 4.74 Å². The molecule has 110 valence electrons. The van der Waals surface area contributed by atoms with Crippen LogP contribution in [0.5, 0.6) is 5.75 Å². The minimum Gasteiger partial charge on any atom is -0.490 e. The fraction of sp³-hybridized carbons (Fsp3) is 0.438. The summed E-state index contributed by atoms with van der Waals surface area (Å²) in [6, 6.07) is 7.86. The summed E-state index contributed by atoms with van der Waals surface area (Å²) in [5.41, 5.74) is 1.84. The second kappa shape index (κ2) is 9.15. The maximum absolute atomic E-state index is 11.4. The summed E-state index contributed by atoms with van der Waals surface area (Å²) < 4.78 is 15.3. The predicted octanol–water partition coefficient (Wildman–Crippen LogP) is 2.76. The molecule has 0 heterocycles. The van der Waals surface area contributed by atoms with Crippen molar-refractivity contribution in [3.63, 3.8) is 0 Å². The van der Waals surface area contributed by atoms with Gasteiger partial charge in [-0.3, -0.25) is 0 Å². The number of hydrogen-bond acceptors (Lipinski definition) is 4. The lowest BCUT2D eigenvalue weighted by Crippen LogP contribution is -2.06. The lowest BCUT2D eigenvalue weighted by molar-refractivity contribution is -0.136. The SMILES string of the molecule is CCC(=CCOc1ccc(CCOC)cc1)C(=O)OC. The van der Waals surface area contributed by atoms with E-state index in [2.05, 4.69) is 4.74 Å². The van der Waals surface area contributed by atoms with Crippen molar-refractivity contribution in [3.05, 3.63) is 41.5 Å². The molecule has 0 spiro atoms. The number of carbonyl (C=O) groups excluding carboxylic acids is 1. The maximum Gasteiger partial charge on any atom is 0.333 e. The summed E-state index contributed by atoms with van der Waals surface area (Å²) in [4.78, 5) is 11.4. The number of methoxy groups -OCH3 is 2. The highest BCUT2D eigenvalue weighted by Gasteiger charge is 2.06. The first-order valence-electron chi connectivity index (χ1n) is 6.69. The molecule has 0 radical (unpaired) electrons. The van der Waals surface area contributed by atoms with Crippen LogP contribution >= 0.6 is 0 Å². The monoisotopic (exact) mass is 278 g/mol. The van der Waals surface area contributed by atoms with Crippen LogP contribution in [0.15, 0.2) is 35.9 Å². The van der Waals surface area contributed by atoms with Gasteiger partial charge in [0.25, 0.3) is 0 Å². The van der Waals surface area contributed by atoms with Crippen LogP contribution in [-0.2, 0) is 20.7 Å². The largest absolute Gasteiger partial charge is 0.490 e. The van der Waals surface area contributed by atoms with Crippen LogP contribution in [0, 0.1) is 0 Å². The lowest BCUT2D eigenvalue weighted by atomic mass is 10.1. The third-order valence-electron chi connectivity index (χ3n) is 2.93. The van der Waals surface area contributed by atoms with E-state index in [1.165, 1.54) is 12.7 Å². The molecule has 0 aliphatic heterocycles. The third kappa shape index (κ3) is 5.45. The van der Waals surface area contributed by atoms with Crippen LogP contribution in [0.2, 0.25) is 0 Å². The summed E-state index contributed by atoms with van der Waals surface area (Å²) in [6.07, 6.45) is 3.27. The Morgan fingerprint density at radius 2 is 1.90 bits per heavy atom. The van der Waals surface area contributed by atoms with Crippen LogP contribution in [0.3, 0.4) is 0 Å². The van der Waals surface area contributed by atoms with Crippen LogP contribution in [0.1, 0.15) is 18.9 Å². The number of benzene rings is 1. The van der Waals surface area contributed by atoms with E-state index in [1.54, 1.807) is 13.2 Å². The van der Waals surface area contributed by atoms with Gasteiger partial charge in [0.05, 0.1) is 13.7 Å². The molecule has 0 saturated carbocycles. The molecule has 0 bridgehead atoms. The van der Waals surface area contributed by atoms with Crippen LogP contribution in [0.25, 0.3) is 0 Å². The van der Waals surface area contributed by atoms with Crippen molar-refractivity contribution in [1.29, 1.82) is 0 Å². The Bertz CT molecular complexity index is 434. The summed E-state index contributed by atoms with van der Waals surface area (Å²) in [5, 5.41) is 0. The van der Waals surface area contributed by atoms with Crippen molar-refractivity contribution in [2.45, 2.75) is 19.8 Å². The molecule has 0 fully saturated rings. The fourth-order valence-electron chi connectivity index (χ4n) is 1.71. The summed E-state index contributed by atoms with van der Waals surface area (Å²) in [7, 11) is 3.07. The number of ether oxygens (including phenoxy) is 3. The van der Waals surface area contributed by atoms with E-state index < -0.39 is 0 Å². The Kier molecular flexibility index (Phi) is 7.43. The normalized spacial score (nSPS) is 11.2. The molecular weight excluding hydrogens is 256 g/mol. The van der Waals surface area contributed by atoms with E-state index in [0.29, 0.717) is 25.2 Å². The first kappa shape index (κ1) is 16.2. The van der Waals surface area contributed by atoms with E-state index in [4.69, 9.17) is 9.47 Å². The predicted molar refractivity (Wildman–Crippen MR) is 77.9 cm³/mol. The van der Waals surface area contributed by atoms with Gasteiger partial charge in [0.15, 0.2) is 0 Å². The van der Waals surface area contributed by atoms with E-state index in [0.717, 1.165) is 12.2 Å². The molecule has 0 aliphatic rings. The molecule has 0 amide bonds. The Hall–Kier alpha value is -1.81. The molecule has 4 heteroatoms. The van der Waals surface area contributed by atoms with Gasteiger partial charge in [-0.1, -0.05) is 19.1 Å². The zero-order chi connectivity index (χ0) is 14.8. The zero-order valence-corrected chi connectivity index (χ0v) is 12.3. The van der Waals surface area contributed by atoms with Crippen molar-refractivity contribution in [2.75, 3.05) is 27.4 Å². The van der Waals surface area contributed by atoms with E-state index in [-0.39, 0.29) is 5.97 Å². The lowest BCUT2D eigenvalue weighted by Gasteiger charge is -2.06. The van der Waals surface area contributed by atoms with Crippen molar-refractivity contribution in [2.24, 2.45) is 0 Å². The fourth-order valence-corrected chi connectivity index (χ4v) is 1.71. The molecule has 1 aromatic carbocycles. The standard InChI is InChI=1S/C16H22O4/c1-4-14(16(17)19-3)10-12-20-15-7-5-13(6-8-15)9-11-18-2/h5-8,10H,4,9,11-12H2,1-3H3. The highest BCUT2D eigenvalue weighted by molar-refractivity contribution is 5.88. The Labute approximate surface area is 120 Å². The summed E-state index contributed by atoms with van der Waals surface area (Å²) >= 11 is 0. The first-order valence-corrected chi connectivity index (χ1v) is 6.69. The quantitative estimate of drug-likeness (QED) is 0.542. The van der Waals surface area contributed by atoms with Crippen LogP contribution in [-0.4, -0.2) is 33.4 Å².